The van der Waals surface area contributed by atoms with E-state index in [1.54, 1.807) is 17.0 Å². The quantitative estimate of drug-likeness (QED) is 0.759. The summed E-state index contributed by atoms with van der Waals surface area (Å²) >= 11 is 1.34. The molecule has 0 aromatic carbocycles. The first kappa shape index (κ1) is 16.2. The van der Waals surface area contributed by atoms with Crippen molar-refractivity contribution in [2.75, 3.05) is 26.7 Å². The number of nitrogens with one attached hydrogen (secondary N) is 1. The van der Waals surface area contributed by atoms with Crippen molar-refractivity contribution in [3.8, 4) is 0 Å². The molecule has 2 amide bonds. The number of rotatable bonds is 7. The van der Waals surface area contributed by atoms with Gasteiger partial charge in [0.15, 0.2) is 0 Å². The van der Waals surface area contributed by atoms with Crippen molar-refractivity contribution in [1.82, 2.24) is 10.2 Å². The zero-order valence-electron chi connectivity index (χ0n) is 11.5. The Balaban J connectivity index is 2.60. The molecule has 0 aliphatic rings. The summed E-state index contributed by atoms with van der Waals surface area (Å²) in [5.74, 6) is -0.663. The van der Waals surface area contributed by atoms with Crippen LogP contribution >= 0.6 is 11.3 Å². The van der Waals surface area contributed by atoms with Crippen molar-refractivity contribution < 1.29 is 19.1 Å². The lowest BCUT2D eigenvalue weighted by Crippen LogP contribution is -2.39. The Morgan fingerprint density at radius 2 is 2.10 bits per heavy atom. The molecule has 1 aromatic rings. The second-order valence-corrected chi connectivity index (χ2v) is 5.03. The lowest BCUT2D eigenvalue weighted by Gasteiger charge is -2.21. The summed E-state index contributed by atoms with van der Waals surface area (Å²) in [6, 6.07) is 3.53. The van der Waals surface area contributed by atoms with Gasteiger partial charge >= 0.3 is 5.97 Å². The Labute approximate surface area is 121 Å². The van der Waals surface area contributed by atoms with Crippen LogP contribution in [0.4, 0.5) is 0 Å². The lowest BCUT2D eigenvalue weighted by molar-refractivity contribution is -0.140. The lowest BCUT2D eigenvalue weighted by atomic mass is 10.3. The van der Waals surface area contributed by atoms with Crippen LogP contribution in [-0.2, 0) is 14.3 Å². The highest BCUT2D eigenvalue weighted by Gasteiger charge is 2.17. The fraction of sp³-hybridized carbons (Fsp3) is 0.462. The third kappa shape index (κ3) is 5.40. The van der Waals surface area contributed by atoms with E-state index in [9.17, 15) is 14.4 Å². The minimum absolute atomic E-state index is 0.133. The van der Waals surface area contributed by atoms with Crippen LogP contribution in [0, 0.1) is 0 Å². The first-order valence-corrected chi connectivity index (χ1v) is 7.06. The molecule has 110 valence electrons. The van der Waals surface area contributed by atoms with Crippen LogP contribution in [0.3, 0.4) is 0 Å². The summed E-state index contributed by atoms with van der Waals surface area (Å²) < 4.78 is 4.57. The van der Waals surface area contributed by atoms with Crippen LogP contribution < -0.4 is 5.32 Å². The molecule has 1 heterocycles. The minimum Gasteiger partial charge on any atom is -0.469 e. The van der Waals surface area contributed by atoms with E-state index in [-0.39, 0.29) is 30.7 Å². The number of methoxy groups -OCH3 is 1. The van der Waals surface area contributed by atoms with Gasteiger partial charge in [0.05, 0.1) is 18.4 Å². The topological polar surface area (TPSA) is 75.7 Å². The van der Waals surface area contributed by atoms with Crippen LogP contribution in [0.2, 0.25) is 0 Å². The predicted molar refractivity (Wildman–Crippen MR) is 75.5 cm³/mol. The Kier molecular flexibility index (Phi) is 6.72. The van der Waals surface area contributed by atoms with Crippen molar-refractivity contribution in [2.24, 2.45) is 0 Å². The summed E-state index contributed by atoms with van der Waals surface area (Å²) in [6.45, 7) is 2.39. The van der Waals surface area contributed by atoms with Crippen molar-refractivity contribution >= 4 is 29.1 Å². The van der Waals surface area contributed by atoms with Gasteiger partial charge in [0, 0.05) is 26.6 Å². The number of carbonyl (C=O) groups is 3. The van der Waals surface area contributed by atoms with E-state index in [0.717, 1.165) is 0 Å². The molecule has 0 bridgehead atoms. The van der Waals surface area contributed by atoms with Gasteiger partial charge in [-0.25, -0.2) is 0 Å². The van der Waals surface area contributed by atoms with Crippen LogP contribution in [-0.4, -0.2) is 49.4 Å². The standard InChI is InChI=1S/C13H18N2O4S/c1-10(16)14-6-8-15(7-5-12(17)19-2)13(18)11-4-3-9-20-11/h3-4,9H,5-8H2,1-2H3,(H,14,16). The summed E-state index contributed by atoms with van der Waals surface area (Å²) in [7, 11) is 1.31. The van der Waals surface area contributed by atoms with Crippen LogP contribution in [0.15, 0.2) is 17.5 Å². The average molecular weight is 298 g/mol. The molecule has 1 N–H and O–H groups in total. The molecular formula is C13H18N2O4S. The number of carbonyl (C=O) groups excluding carboxylic acids is 3. The number of hydrogen-bond donors (Lipinski definition) is 1. The maximum Gasteiger partial charge on any atom is 0.307 e. The summed E-state index contributed by atoms with van der Waals surface area (Å²) in [6.07, 6.45) is 0.133. The molecule has 0 saturated carbocycles. The first-order valence-electron chi connectivity index (χ1n) is 6.18. The van der Waals surface area contributed by atoms with Crippen LogP contribution in [0.1, 0.15) is 23.0 Å². The second-order valence-electron chi connectivity index (χ2n) is 4.08. The summed E-state index contributed by atoms with van der Waals surface area (Å²) in [5, 5.41) is 4.45. The van der Waals surface area contributed by atoms with Gasteiger partial charge in [-0.15, -0.1) is 11.3 Å². The smallest absolute Gasteiger partial charge is 0.307 e. The van der Waals surface area contributed by atoms with Gasteiger partial charge in [-0.1, -0.05) is 6.07 Å². The minimum atomic E-state index is -0.367. The highest BCUT2D eigenvalue weighted by atomic mass is 32.1. The van der Waals surface area contributed by atoms with E-state index in [4.69, 9.17) is 0 Å². The first-order chi connectivity index (χ1) is 9.54. The molecule has 0 fully saturated rings. The number of esters is 1. The number of amides is 2. The highest BCUT2D eigenvalue weighted by molar-refractivity contribution is 7.12. The molecule has 0 saturated heterocycles. The largest absolute Gasteiger partial charge is 0.469 e. The van der Waals surface area contributed by atoms with E-state index >= 15 is 0 Å². The van der Waals surface area contributed by atoms with E-state index in [0.29, 0.717) is 18.0 Å². The number of nitrogens with zero attached hydrogens (tertiary/aromatic N) is 1. The van der Waals surface area contributed by atoms with Crippen molar-refractivity contribution in [1.29, 1.82) is 0 Å². The SMILES string of the molecule is COC(=O)CCN(CCNC(C)=O)C(=O)c1cccs1. The van der Waals surface area contributed by atoms with Crippen molar-refractivity contribution in [3.63, 3.8) is 0 Å². The van der Waals surface area contributed by atoms with Crippen LogP contribution in [0.5, 0.6) is 0 Å². The number of thiophene rings is 1. The molecule has 0 aliphatic heterocycles. The molecule has 20 heavy (non-hydrogen) atoms. The summed E-state index contributed by atoms with van der Waals surface area (Å²) in [4.78, 5) is 36.4. The van der Waals surface area contributed by atoms with Gasteiger partial charge in [-0.3, -0.25) is 14.4 Å². The van der Waals surface area contributed by atoms with Crippen molar-refractivity contribution in [2.45, 2.75) is 13.3 Å². The zero-order valence-corrected chi connectivity index (χ0v) is 12.4. The maximum absolute atomic E-state index is 12.3. The monoisotopic (exact) mass is 298 g/mol. The molecule has 0 radical (unpaired) electrons. The Bertz CT molecular complexity index is 459. The molecule has 0 atom stereocenters. The normalized spacial score (nSPS) is 9.90. The van der Waals surface area contributed by atoms with Gasteiger partial charge in [-0.2, -0.15) is 0 Å². The maximum atomic E-state index is 12.3. The van der Waals surface area contributed by atoms with Gasteiger partial charge < -0.3 is 15.0 Å². The van der Waals surface area contributed by atoms with Crippen molar-refractivity contribution in [3.05, 3.63) is 22.4 Å². The molecular weight excluding hydrogens is 280 g/mol. The fourth-order valence-corrected chi connectivity index (χ4v) is 2.26. The Hall–Kier alpha value is -1.89. The fourth-order valence-electron chi connectivity index (χ4n) is 1.57. The zero-order chi connectivity index (χ0) is 15.0. The predicted octanol–water partition coefficient (Wildman–Crippen LogP) is 0.889. The van der Waals surface area contributed by atoms with Gasteiger partial charge in [0.2, 0.25) is 5.91 Å². The van der Waals surface area contributed by atoms with Gasteiger partial charge in [-0.05, 0) is 11.4 Å². The molecule has 0 aliphatic carbocycles. The summed E-state index contributed by atoms with van der Waals surface area (Å²) in [5.41, 5.74) is 0. The molecule has 1 rings (SSSR count). The molecule has 7 heteroatoms. The van der Waals surface area contributed by atoms with E-state index in [2.05, 4.69) is 10.1 Å². The number of hydrogen-bond acceptors (Lipinski definition) is 5. The van der Waals surface area contributed by atoms with Gasteiger partial charge in [0.1, 0.15) is 0 Å². The molecule has 6 nitrogen and oxygen atoms in total. The number of ether oxygens (including phenoxy) is 1. The van der Waals surface area contributed by atoms with E-state index < -0.39 is 0 Å². The van der Waals surface area contributed by atoms with Gasteiger partial charge in [0.25, 0.3) is 5.91 Å². The average Bonchev–Trinajstić information content (AvgIpc) is 2.95. The molecule has 0 unspecified atom stereocenters. The Morgan fingerprint density at radius 3 is 2.65 bits per heavy atom. The van der Waals surface area contributed by atoms with Crippen LogP contribution in [0.25, 0.3) is 0 Å². The third-order valence-electron chi connectivity index (χ3n) is 2.59. The van der Waals surface area contributed by atoms with E-state index in [1.165, 1.54) is 25.4 Å². The Morgan fingerprint density at radius 1 is 1.35 bits per heavy atom. The second kappa shape index (κ2) is 8.31. The molecule has 1 aromatic heterocycles. The third-order valence-corrected chi connectivity index (χ3v) is 3.45. The molecule has 0 spiro atoms. The highest BCUT2D eigenvalue weighted by Crippen LogP contribution is 2.12. The van der Waals surface area contributed by atoms with E-state index in [1.807, 2.05) is 5.38 Å².